The van der Waals surface area contributed by atoms with Gasteiger partial charge in [-0.1, -0.05) is 13.3 Å². The fourth-order valence-corrected chi connectivity index (χ4v) is 3.54. The second-order valence-corrected chi connectivity index (χ2v) is 6.02. The van der Waals surface area contributed by atoms with Crippen LogP contribution in [0.25, 0.3) is 10.2 Å². The molecule has 102 valence electrons. The van der Waals surface area contributed by atoms with Crippen molar-refractivity contribution in [3.8, 4) is 0 Å². The van der Waals surface area contributed by atoms with E-state index >= 15 is 0 Å². The molecule has 1 saturated heterocycles. The Morgan fingerprint density at radius 3 is 3.16 bits per heavy atom. The number of hydrogen-bond donors (Lipinski definition) is 1. The third-order valence-corrected chi connectivity index (χ3v) is 4.73. The Bertz CT molecular complexity index is 566. The maximum atomic E-state index is 4.69. The van der Waals surface area contributed by atoms with E-state index in [2.05, 4.69) is 33.6 Å². The molecule has 5 heteroatoms. The van der Waals surface area contributed by atoms with E-state index in [4.69, 9.17) is 4.98 Å². The van der Waals surface area contributed by atoms with Crippen LogP contribution in [0.5, 0.6) is 0 Å². The quantitative estimate of drug-likeness (QED) is 0.933. The summed E-state index contributed by atoms with van der Waals surface area (Å²) in [5.41, 5.74) is 0. The van der Waals surface area contributed by atoms with E-state index < -0.39 is 0 Å². The molecule has 0 amide bonds. The number of anilines is 2. The van der Waals surface area contributed by atoms with Gasteiger partial charge < -0.3 is 10.2 Å². The molecular formula is C14H20N4S. The molecule has 1 aliphatic heterocycles. The highest BCUT2D eigenvalue weighted by Crippen LogP contribution is 2.32. The smallest absolute Gasteiger partial charge is 0.225 e. The van der Waals surface area contributed by atoms with Crippen LogP contribution in [0.1, 0.15) is 26.2 Å². The van der Waals surface area contributed by atoms with Crippen molar-refractivity contribution in [2.24, 2.45) is 5.92 Å². The van der Waals surface area contributed by atoms with Crippen LogP contribution in [-0.4, -0.2) is 30.1 Å². The lowest BCUT2D eigenvalue weighted by atomic mass is 9.95. The third-order valence-electron chi connectivity index (χ3n) is 3.92. The highest BCUT2D eigenvalue weighted by atomic mass is 32.1. The average Bonchev–Trinajstić information content (AvgIpc) is 2.94. The van der Waals surface area contributed by atoms with Gasteiger partial charge in [-0.2, -0.15) is 4.98 Å². The molecular weight excluding hydrogens is 256 g/mol. The van der Waals surface area contributed by atoms with E-state index in [-0.39, 0.29) is 0 Å². The minimum absolute atomic E-state index is 0.726. The summed E-state index contributed by atoms with van der Waals surface area (Å²) in [5.74, 6) is 2.63. The predicted octanol–water partition coefficient (Wildman–Crippen LogP) is 3.36. The van der Waals surface area contributed by atoms with Gasteiger partial charge in [0.25, 0.3) is 0 Å². The summed E-state index contributed by atoms with van der Waals surface area (Å²) in [7, 11) is 1.88. The Hall–Kier alpha value is -1.36. The molecule has 4 nitrogen and oxygen atoms in total. The zero-order chi connectivity index (χ0) is 13.2. The van der Waals surface area contributed by atoms with Crippen molar-refractivity contribution < 1.29 is 0 Å². The summed E-state index contributed by atoms with van der Waals surface area (Å²) in [6, 6.07) is 2.14. The number of fused-ring (bicyclic) bond motifs is 1. The van der Waals surface area contributed by atoms with E-state index in [9.17, 15) is 0 Å². The van der Waals surface area contributed by atoms with Gasteiger partial charge in [0.1, 0.15) is 10.6 Å². The summed E-state index contributed by atoms with van der Waals surface area (Å²) in [6.07, 6.45) is 3.88. The highest BCUT2D eigenvalue weighted by Gasteiger charge is 2.22. The van der Waals surface area contributed by atoms with E-state index in [1.54, 1.807) is 11.3 Å². The lowest BCUT2D eigenvalue weighted by Crippen LogP contribution is -2.35. The van der Waals surface area contributed by atoms with Crippen molar-refractivity contribution in [1.29, 1.82) is 0 Å². The Labute approximate surface area is 117 Å². The van der Waals surface area contributed by atoms with Crippen LogP contribution in [0, 0.1) is 5.92 Å². The van der Waals surface area contributed by atoms with Crippen molar-refractivity contribution in [3.05, 3.63) is 11.4 Å². The summed E-state index contributed by atoms with van der Waals surface area (Å²) < 4.78 is 0. The zero-order valence-corrected chi connectivity index (χ0v) is 12.3. The normalized spacial score (nSPS) is 19.9. The van der Waals surface area contributed by atoms with Crippen LogP contribution < -0.4 is 10.2 Å². The number of nitrogens with zero attached hydrogens (tertiary/aromatic N) is 3. The maximum absolute atomic E-state index is 4.69. The molecule has 1 N–H and O–H groups in total. The first kappa shape index (κ1) is 12.7. The number of rotatable bonds is 3. The van der Waals surface area contributed by atoms with Gasteiger partial charge in [-0.3, -0.25) is 0 Å². The van der Waals surface area contributed by atoms with Gasteiger partial charge in [0.05, 0.1) is 5.39 Å². The molecule has 2 aromatic heterocycles. The van der Waals surface area contributed by atoms with Crippen molar-refractivity contribution in [3.63, 3.8) is 0 Å². The van der Waals surface area contributed by atoms with E-state index in [1.165, 1.54) is 24.6 Å². The first-order valence-electron chi connectivity index (χ1n) is 6.99. The number of nitrogens with one attached hydrogen (secondary N) is 1. The SMILES string of the molecule is CCC1CCCN(c2nc(NC)nc3sccc23)C1. The molecule has 0 radical (unpaired) electrons. The van der Waals surface area contributed by atoms with Crippen molar-refractivity contribution >= 4 is 33.3 Å². The van der Waals surface area contributed by atoms with Crippen LogP contribution in [0.2, 0.25) is 0 Å². The van der Waals surface area contributed by atoms with E-state index in [1.807, 2.05) is 7.05 Å². The fourth-order valence-electron chi connectivity index (χ4n) is 2.78. The molecule has 0 aromatic carbocycles. The summed E-state index contributed by atoms with van der Waals surface area (Å²) >= 11 is 1.68. The standard InChI is InChI=1S/C14H20N4S/c1-3-10-5-4-7-18(9-10)12-11-6-8-19-13(11)17-14(15-2)16-12/h6,8,10H,3-5,7,9H2,1-2H3,(H,15,16,17). The molecule has 1 atom stereocenters. The zero-order valence-electron chi connectivity index (χ0n) is 11.5. The van der Waals surface area contributed by atoms with Crippen LogP contribution in [0.15, 0.2) is 11.4 Å². The molecule has 0 bridgehead atoms. The number of piperidine rings is 1. The van der Waals surface area contributed by atoms with Gasteiger partial charge in [0.2, 0.25) is 5.95 Å². The Morgan fingerprint density at radius 2 is 2.37 bits per heavy atom. The number of thiophene rings is 1. The minimum Gasteiger partial charge on any atom is -0.357 e. The largest absolute Gasteiger partial charge is 0.357 e. The molecule has 1 aliphatic rings. The van der Waals surface area contributed by atoms with Crippen molar-refractivity contribution in [2.45, 2.75) is 26.2 Å². The monoisotopic (exact) mass is 276 g/mol. The molecule has 19 heavy (non-hydrogen) atoms. The molecule has 0 spiro atoms. The first-order valence-corrected chi connectivity index (χ1v) is 7.87. The van der Waals surface area contributed by atoms with Crippen LogP contribution in [0.4, 0.5) is 11.8 Å². The Kier molecular flexibility index (Phi) is 3.55. The minimum atomic E-state index is 0.726. The number of aromatic nitrogens is 2. The van der Waals surface area contributed by atoms with Crippen LogP contribution in [0.3, 0.4) is 0 Å². The topological polar surface area (TPSA) is 41.1 Å². The first-order chi connectivity index (χ1) is 9.31. The summed E-state index contributed by atoms with van der Waals surface area (Å²) in [4.78, 5) is 12.7. The van der Waals surface area contributed by atoms with Crippen LogP contribution >= 0.6 is 11.3 Å². The van der Waals surface area contributed by atoms with Gasteiger partial charge in [-0.15, -0.1) is 11.3 Å². The van der Waals surface area contributed by atoms with Crippen LogP contribution in [-0.2, 0) is 0 Å². The highest BCUT2D eigenvalue weighted by molar-refractivity contribution is 7.16. The van der Waals surface area contributed by atoms with Crippen molar-refractivity contribution in [1.82, 2.24) is 9.97 Å². The average molecular weight is 276 g/mol. The summed E-state index contributed by atoms with van der Waals surface area (Å²) in [5, 5.41) is 6.37. The van der Waals surface area contributed by atoms with Gasteiger partial charge >= 0.3 is 0 Å². The van der Waals surface area contributed by atoms with Gasteiger partial charge in [0, 0.05) is 20.1 Å². The van der Waals surface area contributed by atoms with E-state index in [0.29, 0.717) is 0 Å². The molecule has 0 aliphatic carbocycles. The second-order valence-electron chi connectivity index (χ2n) is 5.12. The molecule has 2 aromatic rings. The lowest BCUT2D eigenvalue weighted by Gasteiger charge is -2.33. The second kappa shape index (κ2) is 5.33. The molecule has 0 saturated carbocycles. The van der Waals surface area contributed by atoms with Gasteiger partial charge in [0.15, 0.2) is 0 Å². The third kappa shape index (κ3) is 2.39. The predicted molar refractivity (Wildman–Crippen MR) is 82.2 cm³/mol. The fraction of sp³-hybridized carbons (Fsp3) is 0.571. The molecule has 1 unspecified atom stereocenters. The maximum Gasteiger partial charge on any atom is 0.225 e. The van der Waals surface area contributed by atoms with E-state index in [0.717, 1.165) is 35.6 Å². The Morgan fingerprint density at radius 1 is 1.47 bits per heavy atom. The van der Waals surface area contributed by atoms with Gasteiger partial charge in [-0.05, 0) is 30.2 Å². The van der Waals surface area contributed by atoms with Crippen molar-refractivity contribution in [2.75, 3.05) is 30.4 Å². The number of hydrogen-bond acceptors (Lipinski definition) is 5. The molecule has 1 fully saturated rings. The molecule has 3 heterocycles. The summed E-state index contributed by atoms with van der Waals surface area (Å²) in [6.45, 7) is 4.52. The lowest BCUT2D eigenvalue weighted by molar-refractivity contribution is 0.403. The molecule has 3 rings (SSSR count). The van der Waals surface area contributed by atoms with Gasteiger partial charge in [-0.25, -0.2) is 4.98 Å². The Balaban J connectivity index is 2.00.